The molecule has 0 aliphatic carbocycles. The Labute approximate surface area is 90.2 Å². The zero-order valence-electron chi connectivity index (χ0n) is 9.40. The Morgan fingerprint density at radius 3 is 2.73 bits per heavy atom. The van der Waals surface area contributed by atoms with Gasteiger partial charge in [0.05, 0.1) is 0 Å². The van der Waals surface area contributed by atoms with Crippen molar-refractivity contribution in [1.82, 2.24) is 9.80 Å². The third-order valence-corrected chi connectivity index (χ3v) is 2.81. The van der Waals surface area contributed by atoms with Gasteiger partial charge in [-0.25, -0.2) is 0 Å². The fourth-order valence-electron chi connectivity index (χ4n) is 2.08. The van der Waals surface area contributed by atoms with E-state index in [4.69, 9.17) is 5.73 Å². The Hall–Kier alpha value is -1.10. The van der Waals surface area contributed by atoms with Crippen molar-refractivity contribution < 1.29 is 9.59 Å². The van der Waals surface area contributed by atoms with E-state index in [1.165, 1.54) is 4.90 Å². The van der Waals surface area contributed by atoms with E-state index in [2.05, 4.69) is 11.9 Å². The predicted octanol–water partition coefficient (Wildman–Crippen LogP) is -0.728. The van der Waals surface area contributed by atoms with Crippen molar-refractivity contribution in [3.8, 4) is 0 Å². The van der Waals surface area contributed by atoms with Gasteiger partial charge in [0.15, 0.2) is 0 Å². The monoisotopic (exact) mass is 213 g/mol. The molecule has 86 valence electrons. The van der Waals surface area contributed by atoms with E-state index in [0.717, 1.165) is 25.9 Å². The van der Waals surface area contributed by atoms with Crippen LogP contribution in [0.1, 0.15) is 12.8 Å². The third-order valence-electron chi connectivity index (χ3n) is 2.81. The van der Waals surface area contributed by atoms with Gasteiger partial charge in [0, 0.05) is 20.1 Å². The number of carbonyl (C=O) groups is 2. The number of rotatable bonds is 2. The van der Waals surface area contributed by atoms with Crippen LogP contribution in [0.2, 0.25) is 0 Å². The van der Waals surface area contributed by atoms with E-state index in [0.29, 0.717) is 12.5 Å². The molecule has 0 aromatic heterocycles. The first kappa shape index (κ1) is 12.0. The molecular weight excluding hydrogens is 194 g/mol. The van der Waals surface area contributed by atoms with Crippen LogP contribution in [-0.4, -0.2) is 55.3 Å². The highest BCUT2D eigenvalue weighted by molar-refractivity contribution is 6.34. The van der Waals surface area contributed by atoms with E-state index < -0.39 is 11.8 Å². The van der Waals surface area contributed by atoms with Gasteiger partial charge < -0.3 is 15.5 Å². The number of primary amides is 1. The van der Waals surface area contributed by atoms with Crippen molar-refractivity contribution >= 4 is 11.8 Å². The Kier molecular flexibility index (Phi) is 4.08. The van der Waals surface area contributed by atoms with Crippen molar-refractivity contribution in [2.75, 3.05) is 33.7 Å². The second-order valence-corrected chi connectivity index (χ2v) is 4.32. The van der Waals surface area contributed by atoms with E-state index in [1.54, 1.807) is 7.05 Å². The molecule has 1 fully saturated rings. The maximum Gasteiger partial charge on any atom is 0.311 e. The van der Waals surface area contributed by atoms with Crippen LogP contribution in [-0.2, 0) is 9.59 Å². The fraction of sp³-hybridized carbons (Fsp3) is 0.800. The molecule has 5 nitrogen and oxygen atoms in total. The first-order valence-electron chi connectivity index (χ1n) is 5.24. The maximum absolute atomic E-state index is 11.2. The quantitative estimate of drug-likeness (QED) is 0.615. The molecule has 0 aromatic rings. The largest absolute Gasteiger partial charge is 0.361 e. The van der Waals surface area contributed by atoms with E-state index >= 15 is 0 Å². The van der Waals surface area contributed by atoms with Gasteiger partial charge in [-0.05, 0) is 32.4 Å². The third kappa shape index (κ3) is 3.51. The first-order valence-corrected chi connectivity index (χ1v) is 5.24. The first-order chi connectivity index (χ1) is 7.00. The number of likely N-dealkylation sites (N-methyl/N-ethyl adjacent to an activating group) is 1. The number of carbonyl (C=O) groups excluding carboxylic acids is 2. The molecule has 0 spiro atoms. The molecule has 2 amide bonds. The van der Waals surface area contributed by atoms with Crippen molar-refractivity contribution in [3.63, 3.8) is 0 Å². The summed E-state index contributed by atoms with van der Waals surface area (Å²) < 4.78 is 0. The lowest BCUT2D eigenvalue weighted by molar-refractivity contribution is -0.143. The van der Waals surface area contributed by atoms with Gasteiger partial charge in [-0.3, -0.25) is 9.59 Å². The molecule has 0 radical (unpaired) electrons. The molecule has 5 heteroatoms. The summed E-state index contributed by atoms with van der Waals surface area (Å²) in [6.45, 7) is 2.71. The summed E-state index contributed by atoms with van der Waals surface area (Å²) in [4.78, 5) is 25.6. The maximum atomic E-state index is 11.2. The number of amides is 2. The van der Waals surface area contributed by atoms with Crippen LogP contribution < -0.4 is 5.73 Å². The second-order valence-electron chi connectivity index (χ2n) is 4.32. The van der Waals surface area contributed by atoms with Gasteiger partial charge in [0.2, 0.25) is 0 Å². The van der Waals surface area contributed by atoms with Gasteiger partial charge in [-0.1, -0.05) is 0 Å². The standard InChI is InChI=1S/C10H19N3O2/c1-12-5-3-4-8(6-12)7-13(2)10(15)9(11)14/h8H,3-7H2,1-2H3,(H2,11,14). The molecule has 1 aliphatic heterocycles. The molecule has 1 rings (SSSR count). The Morgan fingerprint density at radius 2 is 2.20 bits per heavy atom. The SMILES string of the molecule is CN1CCCC(CN(C)C(=O)C(N)=O)C1. The lowest BCUT2D eigenvalue weighted by Crippen LogP contribution is -2.43. The molecule has 1 heterocycles. The Balaban J connectivity index is 2.40. The van der Waals surface area contributed by atoms with Gasteiger partial charge in [0.1, 0.15) is 0 Å². The van der Waals surface area contributed by atoms with Crippen LogP contribution in [0, 0.1) is 5.92 Å². The van der Waals surface area contributed by atoms with E-state index in [-0.39, 0.29) is 0 Å². The average Bonchev–Trinajstić information content (AvgIpc) is 2.16. The molecule has 0 saturated carbocycles. The molecular formula is C10H19N3O2. The molecule has 2 N–H and O–H groups in total. The molecule has 0 bridgehead atoms. The molecule has 1 saturated heterocycles. The minimum absolute atomic E-state index is 0.456. The Morgan fingerprint density at radius 1 is 1.53 bits per heavy atom. The molecule has 0 aromatic carbocycles. The molecule has 1 unspecified atom stereocenters. The van der Waals surface area contributed by atoms with Crippen LogP contribution >= 0.6 is 0 Å². The van der Waals surface area contributed by atoms with Gasteiger partial charge in [0.25, 0.3) is 0 Å². The summed E-state index contributed by atoms with van der Waals surface area (Å²) >= 11 is 0. The molecule has 1 atom stereocenters. The molecule has 1 aliphatic rings. The van der Waals surface area contributed by atoms with Crippen molar-refractivity contribution in [2.45, 2.75) is 12.8 Å². The van der Waals surface area contributed by atoms with Gasteiger partial charge in [-0.2, -0.15) is 0 Å². The average molecular weight is 213 g/mol. The lowest BCUT2D eigenvalue weighted by atomic mass is 9.98. The van der Waals surface area contributed by atoms with Crippen LogP contribution in [0.3, 0.4) is 0 Å². The summed E-state index contributed by atoms with van der Waals surface area (Å²) in [5.74, 6) is -1.01. The number of piperidine rings is 1. The zero-order chi connectivity index (χ0) is 11.4. The van der Waals surface area contributed by atoms with Crippen LogP contribution in [0.15, 0.2) is 0 Å². The number of hydrogen-bond donors (Lipinski definition) is 1. The zero-order valence-corrected chi connectivity index (χ0v) is 9.40. The van der Waals surface area contributed by atoms with E-state index in [1.807, 2.05) is 0 Å². The summed E-state index contributed by atoms with van der Waals surface area (Å²) in [5, 5.41) is 0. The summed E-state index contributed by atoms with van der Waals surface area (Å²) in [6.07, 6.45) is 2.26. The predicted molar refractivity (Wildman–Crippen MR) is 57.1 cm³/mol. The van der Waals surface area contributed by atoms with Gasteiger partial charge in [-0.15, -0.1) is 0 Å². The minimum Gasteiger partial charge on any atom is -0.361 e. The van der Waals surface area contributed by atoms with Crippen LogP contribution in [0.25, 0.3) is 0 Å². The highest BCUT2D eigenvalue weighted by Gasteiger charge is 2.22. The van der Waals surface area contributed by atoms with Crippen molar-refractivity contribution in [3.05, 3.63) is 0 Å². The van der Waals surface area contributed by atoms with Crippen LogP contribution in [0.4, 0.5) is 0 Å². The normalized spacial score (nSPS) is 22.4. The number of likely N-dealkylation sites (tertiary alicyclic amines) is 1. The highest BCUT2D eigenvalue weighted by Crippen LogP contribution is 2.15. The topological polar surface area (TPSA) is 66.6 Å². The minimum atomic E-state index is -0.873. The number of hydrogen-bond acceptors (Lipinski definition) is 3. The number of nitrogens with two attached hydrogens (primary N) is 1. The summed E-state index contributed by atoms with van der Waals surface area (Å²) in [5.41, 5.74) is 4.93. The van der Waals surface area contributed by atoms with Crippen LogP contribution in [0.5, 0.6) is 0 Å². The van der Waals surface area contributed by atoms with Crippen molar-refractivity contribution in [1.29, 1.82) is 0 Å². The van der Waals surface area contributed by atoms with Gasteiger partial charge >= 0.3 is 11.8 Å². The Bertz CT molecular complexity index is 255. The lowest BCUT2D eigenvalue weighted by Gasteiger charge is -2.32. The summed E-state index contributed by atoms with van der Waals surface area (Å²) in [7, 11) is 3.70. The van der Waals surface area contributed by atoms with Crippen molar-refractivity contribution in [2.24, 2.45) is 11.7 Å². The second kappa shape index (κ2) is 5.11. The highest BCUT2D eigenvalue weighted by atomic mass is 16.2. The number of nitrogens with zero attached hydrogens (tertiary/aromatic N) is 2. The summed E-state index contributed by atoms with van der Waals surface area (Å²) in [6, 6.07) is 0. The fourth-order valence-corrected chi connectivity index (χ4v) is 2.08. The molecule has 15 heavy (non-hydrogen) atoms. The van der Waals surface area contributed by atoms with E-state index in [9.17, 15) is 9.59 Å². The smallest absolute Gasteiger partial charge is 0.311 e.